The SMILES string of the molecule is C[C@@H](c1ccccc1)n1nnnc1C(C)(C)C. The van der Waals surface area contributed by atoms with Crippen molar-refractivity contribution < 1.29 is 0 Å². The second kappa shape index (κ2) is 4.28. The first-order chi connectivity index (χ1) is 8.00. The number of tetrazole rings is 1. The van der Waals surface area contributed by atoms with E-state index < -0.39 is 0 Å². The van der Waals surface area contributed by atoms with Crippen LogP contribution in [0.1, 0.15) is 45.1 Å². The van der Waals surface area contributed by atoms with Crippen LogP contribution in [0.3, 0.4) is 0 Å². The highest BCUT2D eigenvalue weighted by atomic mass is 15.6. The van der Waals surface area contributed by atoms with E-state index in [4.69, 9.17) is 0 Å². The molecular weight excluding hydrogens is 212 g/mol. The maximum absolute atomic E-state index is 4.14. The molecule has 0 aliphatic heterocycles. The summed E-state index contributed by atoms with van der Waals surface area (Å²) >= 11 is 0. The molecule has 90 valence electrons. The summed E-state index contributed by atoms with van der Waals surface area (Å²) in [5, 5.41) is 12.0. The topological polar surface area (TPSA) is 43.6 Å². The quantitative estimate of drug-likeness (QED) is 0.796. The van der Waals surface area contributed by atoms with Crippen LogP contribution in [0.4, 0.5) is 0 Å². The van der Waals surface area contributed by atoms with Gasteiger partial charge in [0.05, 0.1) is 6.04 Å². The lowest BCUT2D eigenvalue weighted by molar-refractivity contribution is 0.449. The summed E-state index contributed by atoms with van der Waals surface area (Å²) in [6.07, 6.45) is 0. The normalized spacial score (nSPS) is 13.6. The molecule has 0 saturated carbocycles. The predicted octanol–water partition coefficient (Wildman–Crippen LogP) is 2.58. The van der Waals surface area contributed by atoms with Crippen molar-refractivity contribution in [3.63, 3.8) is 0 Å². The lowest BCUT2D eigenvalue weighted by atomic mass is 9.95. The Hall–Kier alpha value is -1.71. The average molecular weight is 230 g/mol. The van der Waals surface area contributed by atoms with Crippen LogP contribution in [0.2, 0.25) is 0 Å². The van der Waals surface area contributed by atoms with Gasteiger partial charge in [0.15, 0.2) is 5.82 Å². The maximum Gasteiger partial charge on any atom is 0.157 e. The van der Waals surface area contributed by atoms with Crippen molar-refractivity contribution in [2.45, 2.75) is 39.2 Å². The minimum absolute atomic E-state index is 0.0491. The fourth-order valence-corrected chi connectivity index (χ4v) is 1.82. The Morgan fingerprint density at radius 1 is 1.12 bits per heavy atom. The third-order valence-electron chi connectivity index (χ3n) is 2.81. The molecule has 0 spiro atoms. The molecule has 0 aliphatic rings. The van der Waals surface area contributed by atoms with Crippen molar-refractivity contribution in [1.29, 1.82) is 0 Å². The third-order valence-corrected chi connectivity index (χ3v) is 2.81. The third kappa shape index (κ3) is 2.35. The van der Waals surface area contributed by atoms with Crippen molar-refractivity contribution in [3.8, 4) is 0 Å². The average Bonchev–Trinajstić information content (AvgIpc) is 2.78. The second-order valence-electron chi connectivity index (χ2n) is 5.28. The Balaban J connectivity index is 2.39. The highest BCUT2D eigenvalue weighted by Crippen LogP contribution is 2.24. The smallest absolute Gasteiger partial charge is 0.157 e. The van der Waals surface area contributed by atoms with Crippen LogP contribution in [-0.4, -0.2) is 20.2 Å². The molecule has 17 heavy (non-hydrogen) atoms. The molecule has 0 aliphatic carbocycles. The van der Waals surface area contributed by atoms with Crippen LogP contribution in [-0.2, 0) is 5.41 Å². The Labute approximate surface area is 102 Å². The Bertz CT molecular complexity index is 482. The van der Waals surface area contributed by atoms with E-state index in [1.165, 1.54) is 5.56 Å². The van der Waals surface area contributed by atoms with E-state index in [1.807, 2.05) is 22.9 Å². The molecular formula is C13H18N4. The molecule has 2 rings (SSSR count). The predicted molar refractivity (Wildman–Crippen MR) is 66.8 cm³/mol. The van der Waals surface area contributed by atoms with Gasteiger partial charge in [-0.25, -0.2) is 4.68 Å². The van der Waals surface area contributed by atoms with Crippen molar-refractivity contribution in [1.82, 2.24) is 20.2 Å². The molecule has 0 bridgehead atoms. The molecule has 1 aromatic heterocycles. The number of hydrogen-bond acceptors (Lipinski definition) is 3. The minimum Gasteiger partial charge on any atom is -0.222 e. The number of aromatic nitrogens is 4. The van der Waals surface area contributed by atoms with Gasteiger partial charge in [0.1, 0.15) is 0 Å². The molecule has 0 N–H and O–H groups in total. The van der Waals surface area contributed by atoms with Crippen LogP contribution in [0.5, 0.6) is 0 Å². The Kier molecular flexibility index (Phi) is 2.96. The van der Waals surface area contributed by atoms with Crippen LogP contribution in [0.15, 0.2) is 30.3 Å². The lowest BCUT2D eigenvalue weighted by Gasteiger charge is -2.21. The molecule has 1 atom stereocenters. The molecule has 1 heterocycles. The van der Waals surface area contributed by atoms with E-state index in [-0.39, 0.29) is 11.5 Å². The highest BCUT2D eigenvalue weighted by Gasteiger charge is 2.24. The first kappa shape index (κ1) is 11.8. The number of hydrogen-bond donors (Lipinski definition) is 0. The van der Waals surface area contributed by atoms with Gasteiger partial charge >= 0.3 is 0 Å². The zero-order valence-electron chi connectivity index (χ0n) is 10.8. The molecule has 4 heteroatoms. The molecule has 0 saturated heterocycles. The van der Waals surface area contributed by atoms with Gasteiger partial charge < -0.3 is 0 Å². The molecule has 0 unspecified atom stereocenters. The maximum atomic E-state index is 4.14. The van der Waals surface area contributed by atoms with E-state index in [1.54, 1.807) is 0 Å². The zero-order valence-corrected chi connectivity index (χ0v) is 10.8. The summed E-state index contributed by atoms with van der Waals surface area (Å²) in [5.74, 6) is 0.911. The van der Waals surface area contributed by atoms with Gasteiger partial charge in [-0.2, -0.15) is 0 Å². The summed E-state index contributed by atoms with van der Waals surface area (Å²) in [6, 6.07) is 10.4. The fourth-order valence-electron chi connectivity index (χ4n) is 1.82. The molecule has 1 aromatic carbocycles. The van der Waals surface area contributed by atoms with Crippen LogP contribution >= 0.6 is 0 Å². The Morgan fingerprint density at radius 3 is 2.35 bits per heavy atom. The molecule has 0 amide bonds. The second-order valence-corrected chi connectivity index (χ2v) is 5.28. The summed E-state index contributed by atoms with van der Waals surface area (Å²) in [4.78, 5) is 0. The van der Waals surface area contributed by atoms with E-state index in [2.05, 4.69) is 55.4 Å². The molecule has 4 nitrogen and oxygen atoms in total. The highest BCUT2D eigenvalue weighted by molar-refractivity contribution is 5.19. The summed E-state index contributed by atoms with van der Waals surface area (Å²) in [6.45, 7) is 8.47. The van der Waals surface area contributed by atoms with Crippen molar-refractivity contribution in [2.24, 2.45) is 0 Å². The lowest BCUT2D eigenvalue weighted by Crippen LogP contribution is -2.22. The minimum atomic E-state index is -0.0491. The Morgan fingerprint density at radius 2 is 1.76 bits per heavy atom. The van der Waals surface area contributed by atoms with Crippen molar-refractivity contribution in [3.05, 3.63) is 41.7 Å². The molecule has 0 fully saturated rings. The largest absolute Gasteiger partial charge is 0.222 e. The van der Waals surface area contributed by atoms with Gasteiger partial charge in [-0.1, -0.05) is 51.1 Å². The van der Waals surface area contributed by atoms with E-state index in [0.717, 1.165) is 5.82 Å². The first-order valence-corrected chi connectivity index (χ1v) is 5.83. The summed E-state index contributed by atoms with van der Waals surface area (Å²) in [7, 11) is 0. The number of benzene rings is 1. The monoisotopic (exact) mass is 230 g/mol. The summed E-state index contributed by atoms with van der Waals surface area (Å²) < 4.78 is 1.90. The molecule has 0 radical (unpaired) electrons. The van der Waals surface area contributed by atoms with Gasteiger partial charge in [-0.05, 0) is 22.9 Å². The van der Waals surface area contributed by atoms with E-state index >= 15 is 0 Å². The van der Waals surface area contributed by atoms with E-state index in [9.17, 15) is 0 Å². The van der Waals surface area contributed by atoms with Crippen molar-refractivity contribution in [2.75, 3.05) is 0 Å². The van der Waals surface area contributed by atoms with Gasteiger partial charge in [0, 0.05) is 5.41 Å². The zero-order chi connectivity index (χ0) is 12.5. The van der Waals surface area contributed by atoms with Crippen LogP contribution in [0.25, 0.3) is 0 Å². The van der Waals surface area contributed by atoms with Crippen LogP contribution in [0, 0.1) is 0 Å². The number of rotatable bonds is 2. The molecule has 2 aromatic rings. The van der Waals surface area contributed by atoms with Gasteiger partial charge in [0.2, 0.25) is 0 Å². The van der Waals surface area contributed by atoms with Crippen LogP contribution < -0.4 is 0 Å². The van der Waals surface area contributed by atoms with E-state index in [0.29, 0.717) is 0 Å². The fraction of sp³-hybridized carbons (Fsp3) is 0.462. The number of nitrogens with zero attached hydrogens (tertiary/aromatic N) is 4. The van der Waals surface area contributed by atoms with Crippen molar-refractivity contribution >= 4 is 0 Å². The standard InChI is InChI=1S/C13H18N4/c1-10(11-8-6-5-7-9-11)17-12(13(2,3)4)14-15-16-17/h5-10H,1-4H3/t10-/m0/s1. The van der Waals surface area contributed by atoms with Gasteiger partial charge in [-0.15, -0.1) is 5.10 Å². The first-order valence-electron chi connectivity index (χ1n) is 5.83. The van der Waals surface area contributed by atoms with Gasteiger partial charge in [-0.3, -0.25) is 0 Å². The van der Waals surface area contributed by atoms with Gasteiger partial charge in [0.25, 0.3) is 0 Å². The summed E-state index contributed by atoms with van der Waals surface area (Å²) in [5.41, 5.74) is 1.16.